The van der Waals surface area contributed by atoms with Gasteiger partial charge in [0.15, 0.2) is 5.82 Å². The molecule has 1 fully saturated rings. The van der Waals surface area contributed by atoms with Crippen molar-refractivity contribution < 1.29 is 9.32 Å². The molecule has 104 valence electrons. The molecule has 1 aliphatic rings. The summed E-state index contributed by atoms with van der Waals surface area (Å²) in [4.78, 5) is 12.0. The molecule has 2 N–H and O–H groups in total. The number of amides is 2. The second-order valence-corrected chi connectivity index (χ2v) is 5.15. The average Bonchev–Trinajstić information content (AvgIpc) is 3.21. The van der Waals surface area contributed by atoms with E-state index in [1.54, 1.807) is 13.0 Å². The van der Waals surface area contributed by atoms with Crippen LogP contribution in [0.2, 0.25) is 0 Å². The third-order valence-electron chi connectivity index (χ3n) is 3.41. The highest BCUT2D eigenvalue weighted by atomic mass is 16.5. The maximum Gasteiger partial charge on any atom is 0.320 e. The Labute approximate surface area is 117 Å². The van der Waals surface area contributed by atoms with Gasteiger partial charge in [-0.2, -0.15) is 0 Å². The van der Waals surface area contributed by atoms with Gasteiger partial charge in [0, 0.05) is 6.07 Å². The molecule has 0 aliphatic heterocycles. The number of hydrogen-bond acceptors (Lipinski definition) is 3. The lowest BCUT2D eigenvalue weighted by molar-refractivity contribution is 0.247. The Hall–Kier alpha value is -2.30. The number of nitrogens with one attached hydrogen (secondary N) is 2. The van der Waals surface area contributed by atoms with Crippen molar-refractivity contribution in [3.05, 3.63) is 47.7 Å². The van der Waals surface area contributed by atoms with Gasteiger partial charge in [0.2, 0.25) is 0 Å². The highest BCUT2D eigenvalue weighted by Gasteiger charge is 2.33. The number of nitrogens with zero attached hydrogens (tertiary/aromatic N) is 1. The minimum atomic E-state index is -0.251. The van der Waals surface area contributed by atoms with Crippen LogP contribution >= 0.6 is 0 Å². The maximum absolute atomic E-state index is 12.0. The van der Waals surface area contributed by atoms with Gasteiger partial charge in [0.25, 0.3) is 0 Å². The number of aryl methyl sites for hydroxylation is 1. The SMILES string of the molecule is Cc1cc(NC(=O)NC(c2ccccc2)C2CC2)no1. The summed E-state index contributed by atoms with van der Waals surface area (Å²) < 4.78 is 4.92. The van der Waals surface area contributed by atoms with Crippen LogP contribution in [0.15, 0.2) is 40.9 Å². The van der Waals surface area contributed by atoms with Crippen molar-refractivity contribution in [1.29, 1.82) is 0 Å². The number of aromatic nitrogens is 1. The summed E-state index contributed by atoms with van der Waals surface area (Å²) in [5, 5.41) is 9.46. The van der Waals surface area contributed by atoms with Gasteiger partial charge >= 0.3 is 6.03 Å². The zero-order chi connectivity index (χ0) is 13.9. The van der Waals surface area contributed by atoms with E-state index in [-0.39, 0.29) is 12.1 Å². The predicted octanol–water partition coefficient (Wildman–Crippen LogP) is 3.26. The van der Waals surface area contributed by atoms with Crippen LogP contribution in [-0.4, -0.2) is 11.2 Å². The fraction of sp³-hybridized carbons (Fsp3) is 0.333. The Morgan fingerprint density at radius 3 is 2.70 bits per heavy atom. The average molecular weight is 271 g/mol. The molecule has 0 saturated heterocycles. The largest absolute Gasteiger partial charge is 0.360 e. The van der Waals surface area contributed by atoms with Gasteiger partial charge in [-0.25, -0.2) is 4.79 Å². The number of hydrogen-bond donors (Lipinski definition) is 2. The van der Waals surface area contributed by atoms with Crippen LogP contribution in [0, 0.1) is 12.8 Å². The molecular formula is C15H17N3O2. The van der Waals surface area contributed by atoms with E-state index in [0.717, 1.165) is 18.4 Å². The topological polar surface area (TPSA) is 67.2 Å². The van der Waals surface area contributed by atoms with Crippen molar-refractivity contribution in [3.63, 3.8) is 0 Å². The molecule has 5 heteroatoms. The van der Waals surface area contributed by atoms with E-state index >= 15 is 0 Å². The first-order valence-electron chi connectivity index (χ1n) is 6.78. The normalized spacial score (nSPS) is 15.7. The molecule has 1 aromatic carbocycles. The molecule has 3 rings (SSSR count). The molecule has 1 unspecified atom stereocenters. The van der Waals surface area contributed by atoms with Crippen LogP contribution in [0.4, 0.5) is 10.6 Å². The second kappa shape index (κ2) is 5.36. The lowest BCUT2D eigenvalue weighted by Gasteiger charge is -2.18. The minimum absolute atomic E-state index is 0.0594. The van der Waals surface area contributed by atoms with Crippen LogP contribution in [0.3, 0.4) is 0 Å². The predicted molar refractivity (Wildman–Crippen MR) is 75.3 cm³/mol. The summed E-state index contributed by atoms with van der Waals surface area (Å²) in [5.41, 5.74) is 1.14. The Bertz CT molecular complexity index is 590. The van der Waals surface area contributed by atoms with E-state index in [1.807, 2.05) is 30.3 Å². The number of anilines is 1. The molecule has 1 saturated carbocycles. The standard InChI is InChI=1S/C15H17N3O2/c1-10-9-13(18-20-10)16-15(19)17-14(12-7-8-12)11-5-3-2-4-6-11/h2-6,9,12,14H,7-8H2,1H3,(H2,16,17,18,19). The lowest BCUT2D eigenvalue weighted by atomic mass is 10.0. The molecule has 5 nitrogen and oxygen atoms in total. The molecule has 1 aromatic heterocycles. The van der Waals surface area contributed by atoms with Crippen LogP contribution < -0.4 is 10.6 Å². The summed E-state index contributed by atoms with van der Waals surface area (Å²) in [6, 6.07) is 11.5. The smallest absolute Gasteiger partial charge is 0.320 e. The Kier molecular flexibility index (Phi) is 3.41. The van der Waals surface area contributed by atoms with Crippen molar-refractivity contribution in [2.75, 3.05) is 5.32 Å². The summed E-state index contributed by atoms with van der Waals surface area (Å²) >= 11 is 0. The third kappa shape index (κ3) is 2.99. The van der Waals surface area contributed by atoms with Crippen LogP contribution in [0.1, 0.15) is 30.2 Å². The van der Waals surface area contributed by atoms with Gasteiger partial charge in [-0.05, 0) is 31.2 Å². The van der Waals surface area contributed by atoms with Crippen LogP contribution in [0.5, 0.6) is 0 Å². The number of carbonyl (C=O) groups excluding carboxylic acids is 1. The molecule has 2 amide bonds. The summed E-state index contributed by atoms with van der Waals surface area (Å²) in [5.74, 6) is 1.63. The fourth-order valence-corrected chi connectivity index (χ4v) is 2.28. The van der Waals surface area contributed by atoms with Crippen molar-refractivity contribution in [2.45, 2.75) is 25.8 Å². The molecular weight excluding hydrogens is 254 g/mol. The van der Waals surface area contributed by atoms with Gasteiger partial charge in [-0.1, -0.05) is 35.5 Å². The number of carbonyl (C=O) groups is 1. The molecule has 1 heterocycles. The number of rotatable bonds is 4. The quantitative estimate of drug-likeness (QED) is 0.897. The van der Waals surface area contributed by atoms with E-state index in [4.69, 9.17) is 4.52 Å². The van der Waals surface area contributed by atoms with Crippen LogP contribution in [-0.2, 0) is 0 Å². The first kappa shape index (κ1) is 12.7. The Balaban J connectivity index is 1.66. The van der Waals surface area contributed by atoms with Gasteiger partial charge < -0.3 is 9.84 Å². The van der Waals surface area contributed by atoms with Crippen molar-refractivity contribution >= 4 is 11.8 Å². The van der Waals surface area contributed by atoms with Crippen molar-refractivity contribution in [3.8, 4) is 0 Å². The lowest BCUT2D eigenvalue weighted by Crippen LogP contribution is -2.33. The summed E-state index contributed by atoms with van der Waals surface area (Å²) in [6.07, 6.45) is 2.31. The Morgan fingerprint density at radius 2 is 2.10 bits per heavy atom. The molecule has 1 aliphatic carbocycles. The van der Waals surface area contributed by atoms with E-state index in [1.165, 1.54) is 0 Å². The second-order valence-electron chi connectivity index (χ2n) is 5.15. The van der Waals surface area contributed by atoms with Gasteiger partial charge in [-0.15, -0.1) is 0 Å². The summed E-state index contributed by atoms with van der Waals surface area (Å²) in [6.45, 7) is 1.78. The number of benzene rings is 1. The zero-order valence-electron chi connectivity index (χ0n) is 11.3. The van der Waals surface area contributed by atoms with Gasteiger partial charge in [0.1, 0.15) is 5.76 Å². The first-order chi connectivity index (χ1) is 9.72. The third-order valence-corrected chi connectivity index (χ3v) is 3.41. The number of urea groups is 1. The van der Waals surface area contributed by atoms with Crippen molar-refractivity contribution in [1.82, 2.24) is 10.5 Å². The molecule has 0 bridgehead atoms. The molecule has 1 atom stereocenters. The maximum atomic E-state index is 12.0. The molecule has 20 heavy (non-hydrogen) atoms. The molecule has 2 aromatic rings. The summed E-state index contributed by atoms with van der Waals surface area (Å²) in [7, 11) is 0. The minimum Gasteiger partial charge on any atom is -0.360 e. The Morgan fingerprint density at radius 1 is 1.35 bits per heavy atom. The van der Waals surface area contributed by atoms with Crippen molar-refractivity contribution in [2.24, 2.45) is 5.92 Å². The highest BCUT2D eigenvalue weighted by molar-refractivity contribution is 5.88. The van der Waals surface area contributed by atoms with E-state index in [0.29, 0.717) is 17.5 Å². The monoisotopic (exact) mass is 271 g/mol. The van der Waals surface area contributed by atoms with E-state index in [2.05, 4.69) is 15.8 Å². The van der Waals surface area contributed by atoms with Gasteiger partial charge in [-0.3, -0.25) is 5.32 Å². The zero-order valence-corrected chi connectivity index (χ0v) is 11.3. The molecule has 0 radical (unpaired) electrons. The first-order valence-corrected chi connectivity index (χ1v) is 6.78. The highest BCUT2D eigenvalue weighted by Crippen LogP contribution is 2.40. The van der Waals surface area contributed by atoms with E-state index in [9.17, 15) is 4.79 Å². The fourth-order valence-electron chi connectivity index (χ4n) is 2.28. The van der Waals surface area contributed by atoms with E-state index < -0.39 is 0 Å². The van der Waals surface area contributed by atoms with Gasteiger partial charge in [0.05, 0.1) is 6.04 Å². The van der Waals surface area contributed by atoms with Crippen LogP contribution in [0.25, 0.3) is 0 Å². The molecule has 0 spiro atoms.